The topological polar surface area (TPSA) is 297 Å². The van der Waals surface area contributed by atoms with Gasteiger partial charge in [-0.15, -0.1) is 0 Å². The van der Waals surface area contributed by atoms with E-state index in [1.165, 1.54) is 25.7 Å². The van der Waals surface area contributed by atoms with Gasteiger partial charge in [-0.25, -0.2) is 0 Å². The summed E-state index contributed by atoms with van der Waals surface area (Å²) in [4.78, 5) is 119. The van der Waals surface area contributed by atoms with Crippen LogP contribution in [-0.2, 0) is 77.6 Å². The van der Waals surface area contributed by atoms with Crippen molar-refractivity contribution in [3.8, 4) is 0 Å². The minimum absolute atomic E-state index is 0. The van der Waals surface area contributed by atoms with Crippen molar-refractivity contribution in [1.82, 2.24) is 0 Å². The molecule has 0 heterocycles. The van der Waals surface area contributed by atoms with E-state index < -0.39 is 95.8 Å². The van der Waals surface area contributed by atoms with E-state index in [2.05, 4.69) is 24.3 Å². The molecule has 1 rings (SSSR count). The van der Waals surface area contributed by atoms with Crippen LogP contribution in [0.3, 0.4) is 0 Å². The maximum absolute atomic E-state index is 10.1. The summed E-state index contributed by atoms with van der Waals surface area (Å²) in [5, 5.41) is 38.5. The fourth-order valence-electron chi connectivity index (χ4n) is 2.07. The Kier molecular flexibility index (Phi) is 34.3. The van der Waals surface area contributed by atoms with Crippen molar-refractivity contribution < 1.29 is 98.1 Å². The molecule has 0 atom stereocenters. The summed E-state index contributed by atoms with van der Waals surface area (Å²) in [7, 11) is 0. The molecule has 1 radical (unpaired) electrons. The number of aliphatic carboxylic acids is 4. The number of allylic oxidation sites excluding steroid dienone is 4. The van der Waals surface area contributed by atoms with Crippen molar-refractivity contribution in [2.75, 3.05) is 0 Å². The van der Waals surface area contributed by atoms with Gasteiger partial charge in [0.2, 0.25) is 0 Å². The van der Waals surface area contributed by atoms with Gasteiger partial charge in [-0.05, 0) is 53.4 Å². The molecule has 0 aromatic carbocycles. The Morgan fingerprint density at radius 3 is 0.711 bits per heavy atom. The van der Waals surface area contributed by atoms with Gasteiger partial charge in [0.05, 0.1) is 25.7 Å². The number of carboxylic acid groups (broad SMARTS) is 4. The molecule has 1 aliphatic carbocycles. The second-order valence-corrected chi connectivity index (χ2v) is 8.50. The van der Waals surface area contributed by atoms with Crippen molar-refractivity contribution >= 4 is 70.1 Å². The van der Waals surface area contributed by atoms with Crippen LogP contribution in [0.4, 0.5) is 0 Å². The summed E-state index contributed by atoms with van der Waals surface area (Å²) in [6.45, 7) is 4.56. The molecule has 0 aliphatic heterocycles. The molecule has 0 amide bonds. The Labute approximate surface area is 271 Å². The SMILES string of the molecule is C1=C\CCCC\C=C/1.CC(=O)CC(=O)C(=O)[O-].CC(=O)CC(=O)C(=O)[O-].CC(=O)CC(=O)C(=O)[O-].CC(=O)CC(=O)C(=O)[O-].[Ir+4]. The van der Waals surface area contributed by atoms with E-state index >= 15 is 0 Å². The van der Waals surface area contributed by atoms with Gasteiger partial charge in [0.15, 0.2) is 23.1 Å². The fourth-order valence-corrected chi connectivity index (χ4v) is 2.07. The zero-order valence-corrected chi connectivity index (χ0v) is 27.2. The molecule has 0 bridgehead atoms. The maximum Gasteiger partial charge on any atom is 4.00 e. The quantitative estimate of drug-likeness (QED) is 0.133. The first-order valence-electron chi connectivity index (χ1n) is 12.4. The molecule has 45 heavy (non-hydrogen) atoms. The van der Waals surface area contributed by atoms with E-state index in [9.17, 15) is 78.0 Å². The monoisotopic (exact) mass is 817 g/mol. The first kappa shape index (κ1) is 50.0. The summed E-state index contributed by atoms with van der Waals surface area (Å²) in [6.07, 6.45) is 11.7. The van der Waals surface area contributed by atoms with Crippen LogP contribution in [0.5, 0.6) is 0 Å². The molecule has 17 heteroatoms. The summed E-state index contributed by atoms with van der Waals surface area (Å²) >= 11 is 0. The molecular formula is C28H32IrO16. The predicted octanol–water partition coefficient (Wildman–Crippen LogP) is -4.19. The fraction of sp³-hybridized carbons (Fsp3) is 0.429. The van der Waals surface area contributed by atoms with Crippen LogP contribution in [0, 0.1) is 0 Å². The van der Waals surface area contributed by atoms with Gasteiger partial charge >= 0.3 is 20.1 Å². The third kappa shape index (κ3) is 43.9. The van der Waals surface area contributed by atoms with Crippen molar-refractivity contribution in [1.29, 1.82) is 0 Å². The zero-order chi connectivity index (χ0) is 35.4. The largest absolute Gasteiger partial charge is 4.00 e. The van der Waals surface area contributed by atoms with Gasteiger partial charge in [-0.3, -0.25) is 38.4 Å². The van der Waals surface area contributed by atoms with E-state index in [1.807, 2.05) is 0 Å². The predicted molar refractivity (Wildman–Crippen MR) is 138 cm³/mol. The van der Waals surface area contributed by atoms with Crippen molar-refractivity contribution in [3.63, 3.8) is 0 Å². The van der Waals surface area contributed by atoms with Crippen molar-refractivity contribution in [3.05, 3.63) is 24.3 Å². The standard InChI is InChI=1S/C8H12.4C5H6O4.Ir/c1-2-4-6-8-7-5-3-1;4*1-3(6)2-4(7)5(8)9;/h1-4H,5-8H2;4*2H2,1H3,(H,8,9);/q;;;;;+4/p-4/b3-1-,4-2-;;;;;. The van der Waals surface area contributed by atoms with Gasteiger partial charge in [0.25, 0.3) is 0 Å². The van der Waals surface area contributed by atoms with Crippen LogP contribution in [-0.4, -0.2) is 70.1 Å². The van der Waals surface area contributed by atoms with Gasteiger partial charge in [-0.2, -0.15) is 0 Å². The smallest absolute Gasteiger partial charge is 0.542 e. The first-order valence-corrected chi connectivity index (χ1v) is 12.4. The molecular weight excluding hydrogens is 785 g/mol. The molecule has 0 spiro atoms. The first-order chi connectivity index (χ1) is 20.1. The van der Waals surface area contributed by atoms with E-state index in [0.29, 0.717) is 0 Å². The molecule has 0 fully saturated rings. The van der Waals surface area contributed by atoms with Crippen LogP contribution >= 0.6 is 0 Å². The van der Waals surface area contributed by atoms with Gasteiger partial charge in [0.1, 0.15) is 47.0 Å². The average Bonchev–Trinajstić information content (AvgIpc) is 2.83. The van der Waals surface area contributed by atoms with Gasteiger partial charge in [0, 0.05) is 0 Å². The average molecular weight is 817 g/mol. The third-order valence-electron chi connectivity index (χ3n) is 3.92. The van der Waals surface area contributed by atoms with E-state index in [0.717, 1.165) is 27.7 Å². The summed E-state index contributed by atoms with van der Waals surface area (Å²) < 4.78 is 0. The minimum atomic E-state index is -1.80. The van der Waals surface area contributed by atoms with Gasteiger partial charge < -0.3 is 39.6 Å². The third-order valence-corrected chi connectivity index (χ3v) is 3.92. The van der Waals surface area contributed by atoms with Crippen LogP contribution in [0.1, 0.15) is 79.1 Å². The molecule has 1 aliphatic rings. The molecule has 16 nitrogen and oxygen atoms in total. The number of carbonyl (C=O) groups excluding carboxylic acids is 12. The van der Waals surface area contributed by atoms with Crippen molar-refractivity contribution in [2.24, 2.45) is 0 Å². The summed E-state index contributed by atoms with van der Waals surface area (Å²) in [6, 6.07) is 0. The van der Waals surface area contributed by atoms with Crippen LogP contribution in [0.2, 0.25) is 0 Å². The molecule has 0 aromatic rings. The molecule has 0 saturated heterocycles. The van der Waals surface area contributed by atoms with Crippen LogP contribution < -0.4 is 20.4 Å². The van der Waals surface area contributed by atoms with Crippen molar-refractivity contribution in [2.45, 2.75) is 79.1 Å². The molecule has 249 valence electrons. The molecule has 0 N–H and O–H groups in total. The number of carbonyl (C=O) groups is 12. The number of ketones is 8. The normalized spacial score (nSPS) is 11.8. The van der Waals surface area contributed by atoms with E-state index in [1.54, 1.807) is 0 Å². The number of carboxylic acids is 4. The number of Topliss-reactive ketones (excluding diaryl/α,β-unsaturated/α-hetero) is 8. The Hall–Kier alpha value is -4.63. The molecule has 0 aromatic heterocycles. The number of rotatable bonds is 12. The number of hydrogen-bond donors (Lipinski definition) is 0. The second kappa shape index (κ2) is 30.8. The number of hydrogen-bond acceptors (Lipinski definition) is 16. The molecule has 0 saturated carbocycles. The Morgan fingerprint density at radius 1 is 0.422 bits per heavy atom. The Balaban J connectivity index is -0.000000147. The Bertz CT molecular complexity index is 995. The van der Waals surface area contributed by atoms with Crippen LogP contribution in [0.15, 0.2) is 24.3 Å². The second-order valence-electron chi connectivity index (χ2n) is 8.50. The van der Waals surface area contributed by atoms with Crippen LogP contribution in [0.25, 0.3) is 0 Å². The summed E-state index contributed by atoms with van der Waals surface area (Å²) in [5.74, 6) is -13.7. The maximum atomic E-state index is 10.1. The van der Waals surface area contributed by atoms with Gasteiger partial charge in [-0.1, -0.05) is 24.3 Å². The minimum Gasteiger partial charge on any atom is -0.542 e. The summed E-state index contributed by atoms with van der Waals surface area (Å²) in [5.41, 5.74) is 0. The molecule has 0 unspecified atom stereocenters. The van der Waals surface area contributed by atoms with E-state index in [4.69, 9.17) is 0 Å². The van der Waals surface area contributed by atoms with E-state index in [-0.39, 0.29) is 20.1 Å². The Morgan fingerprint density at radius 2 is 0.600 bits per heavy atom. The zero-order valence-electron chi connectivity index (χ0n) is 24.8.